The van der Waals surface area contributed by atoms with Crippen molar-refractivity contribution in [3.05, 3.63) is 11.9 Å². The Morgan fingerprint density at radius 1 is 1.35 bits per heavy atom. The fourth-order valence-electron chi connectivity index (χ4n) is 2.75. The Balaban J connectivity index is 1.82. The highest BCUT2D eigenvalue weighted by Gasteiger charge is 2.29. The number of rotatable bonds is 3. The predicted molar refractivity (Wildman–Crippen MR) is 69.5 cm³/mol. The lowest BCUT2D eigenvalue weighted by atomic mass is 10.1. The van der Waals surface area contributed by atoms with E-state index < -0.39 is 0 Å². The molecule has 0 aromatic carbocycles. The standard InChI is InChI=1S/C13H22N4/c1-10-8-17(12-5-6-12)13(15-10)16-7-3-4-11(9-16)14-2/h8,11-12,14H,3-7,9H2,1-2H3. The molecule has 0 radical (unpaired) electrons. The third-order valence-corrected chi connectivity index (χ3v) is 3.89. The number of imidazole rings is 1. The molecule has 17 heavy (non-hydrogen) atoms. The molecule has 1 aliphatic carbocycles. The Morgan fingerprint density at radius 2 is 2.18 bits per heavy atom. The van der Waals surface area contributed by atoms with Gasteiger partial charge in [-0.1, -0.05) is 0 Å². The second kappa shape index (κ2) is 4.33. The van der Waals surface area contributed by atoms with Gasteiger partial charge in [-0.3, -0.25) is 0 Å². The summed E-state index contributed by atoms with van der Waals surface area (Å²) in [5.74, 6) is 1.20. The fourth-order valence-corrected chi connectivity index (χ4v) is 2.75. The highest BCUT2D eigenvalue weighted by molar-refractivity contribution is 5.36. The molecule has 4 nitrogen and oxygen atoms in total. The first-order valence-corrected chi connectivity index (χ1v) is 6.75. The molecule has 1 atom stereocenters. The molecule has 2 fully saturated rings. The summed E-state index contributed by atoms with van der Waals surface area (Å²) < 4.78 is 2.40. The van der Waals surface area contributed by atoms with E-state index in [-0.39, 0.29) is 0 Å². The molecule has 0 bridgehead atoms. The van der Waals surface area contributed by atoms with Gasteiger partial charge in [0.25, 0.3) is 0 Å². The second-order valence-electron chi connectivity index (χ2n) is 5.39. The van der Waals surface area contributed by atoms with Crippen LogP contribution in [0.1, 0.15) is 37.4 Å². The number of piperidine rings is 1. The number of likely N-dealkylation sites (N-methyl/N-ethyl adjacent to an activating group) is 1. The lowest BCUT2D eigenvalue weighted by molar-refractivity contribution is 0.441. The van der Waals surface area contributed by atoms with E-state index in [2.05, 4.69) is 35.0 Å². The maximum absolute atomic E-state index is 4.73. The highest BCUT2D eigenvalue weighted by atomic mass is 15.3. The van der Waals surface area contributed by atoms with Crippen LogP contribution in [0.4, 0.5) is 5.95 Å². The zero-order valence-electron chi connectivity index (χ0n) is 10.8. The Kier molecular flexibility index (Phi) is 2.82. The molecule has 1 unspecified atom stereocenters. The van der Waals surface area contributed by atoms with Gasteiger partial charge in [-0.2, -0.15) is 0 Å². The Hall–Kier alpha value is -1.03. The first-order chi connectivity index (χ1) is 8.28. The summed E-state index contributed by atoms with van der Waals surface area (Å²) in [5, 5.41) is 3.40. The first kappa shape index (κ1) is 11.1. The van der Waals surface area contributed by atoms with Crippen LogP contribution in [0.15, 0.2) is 6.20 Å². The Labute approximate surface area is 103 Å². The van der Waals surface area contributed by atoms with Crippen LogP contribution < -0.4 is 10.2 Å². The van der Waals surface area contributed by atoms with Crippen LogP contribution in [0.3, 0.4) is 0 Å². The Bertz CT molecular complexity index is 394. The van der Waals surface area contributed by atoms with Crippen LogP contribution >= 0.6 is 0 Å². The fraction of sp³-hybridized carbons (Fsp3) is 0.769. The summed E-state index contributed by atoms with van der Waals surface area (Å²) in [5.41, 5.74) is 1.15. The maximum atomic E-state index is 4.73. The molecule has 2 heterocycles. The number of nitrogens with one attached hydrogen (secondary N) is 1. The molecular formula is C13H22N4. The average Bonchev–Trinajstić information content (AvgIpc) is 3.12. The lowest BCUT2D eigenvalue weighted by Gasteiger charge is -2.33. The van der Waals surface area contributed by atoms with Gasteiger partial charge in [-0.15, -0.1) is 0 Å². The molecule has 94 valence electrons. The van der Waals surface area contributed by atoms with Gasteiger partial charge in [-0.25, -0.2) is 4.98 Å². The molecule has 0 spiro atoms. The third-order valence-electron chi connectivity index (χ3n) is 3.89. The summed E-state index contributed by atoms with van der Waals surface area (Å²) >= 11 is 0. The van der Waals surface area contributed by atoms with Gasteiger partial charge >= 0.3 is 0 Å². The van der Waals surface area contributed by atoms with Crippen molar-refractivity contribution in [2.45, 2.75) is 44.7 Å². The molecule has 0 amide bonds. The van der Waals surface area contributed by atoms with Gasteiger partial charge in [0.15, 0.2) is 0 Å². The molecule has 1 N–H and O–H groups in total. The molecule has 1 saturated carbocycles. The number of anilines is 1. The monoisotopic (exact) mass is 234 g/mol. The zero-order valence-corrected chi connectivity index (χ0v) is 10.8. The summed E-state index contributed by atoms with van der Waals surface area (Å²) in [6.45, 7) is 4.35. The van der Waals surface area contributed by atoms with Crippen LogP contribution in [0.25, 0.3) is 0 Å². The van der Waals surface area contributed by atoms with Crippen LogP contribution in [0.5, 0.6) is 0 Å². The molecule has 2 aliphatic rings. The smallest absolute Gasteiger partial charge is 0.206 e. The van der Waals surface area contributed by atoms with Crippen LogP contribution in [-0.4, -0.2) is 35.7 Å². The van der Waals surface area contributed by atoms with Crippen molar-refractivity contribution in [1.29, 1.82) is 0 Å². The van der Waals surface area contributed by atoms with Crippen molar-refractivity contribution in [2.75, 3.05) is 25.0 Å². The summed E-state index contributed by atoms with van der Waals surface area (Å²) in [6.07, 6.45) is 7.42. The van der Waals surface area contributed by atoms with Crippen molar-refractivity contribution in [3.8, 4) is 0 Å². The first-order valence-electron chi connectivity index (χ1n) is 6.75. The molecule has 1 aliphatic heterocycles. The minimum Gasteiger partial charge on any atom is -0.341 e. The van der Waals surface area contributed by atoms with E-state index in [4.69, 9.17) is 4.98 Å². The third kappa shape index (κ3) is 2.18. The van der Waals surface area contributed by atoms with Gasteiger partial charge in [0.1, 0.15) is 0 Å². The number of aryl methyl sites for hydroxylation is 1. The van der Waals surface area contributed by atoms with Crippen molar-refractivity contribution in [3.63, 3.8) is 0 Å². The van der Waals surface area contributed by atoms with E-state index in [1.54, 1.807) is 0 Å². The van der Waals surface area contributed by atoms with Crippen molar-refractivity contribution in [2.24, 2.45) is 0 Å². The maximum Gasteiger partial charge on any atom is 0.206 e. The Morgan fingerprint density at radius 3 is 2.88 bits per heavy atom. The number of hydrogen-bond acceptors (Lipinski definition) is 3. The number of hydrogen-bond donors (Lipinski definition) is 1. The number of nitrogens with zero attached hydrogens (tertiary/aromatic N) is 3. The van der Waals surface area contributed by atoms with Crippen molar-refractivity contribution in [1.82, 2.24) is 14.9 Å². The van der Waals surface area contributed by atoms with Crippen LogP contribution in [0, 0.1) is 6.92 Å². The van der Waals surface area contributed by atoms with Gasteiger partial charge in [-0.05, 0) is 39.7 Å². The summed E-state index contributed by atoms with van der Waals surface area (Å²) in [4.78, 5) is 7.18. The SMILES string of the molecule is CNC1CCCN(c2nc(C)cn2C2CC2)C1. The molecule has 1 aromatic rings. The lowest BCUT2D eigenvalue weighted by Crippen LogP contribution is -2.45. The van der Waals surface area contributed by atoms with E-state index >= 15 is 0 Å². The molecule has 1 aromatic heterocycles. The van der Waals surface area contributed by atoms with E-state index in [0.29, 0.717) is 6.04 Å². The van der Waals surface area contributed by atoms with Gasteiger partial charge in [0.2, 0.25) is 5.95 Å². The average molecular weight is 234 g/mol. The molecule has 4 heteroatoms. The largest absolute Gasteiger partial charge is 0.341 e. The summed E-state index contributed by atoms with van der Waals surface area (Å²) in [6, 6.07) is 1.34. The van der Waals surface area contributed by atoms with E-state index in [9.17, 15) is 0 Å². The van der Waals surface area contributed by atoms with Crippen molar-refractivity contribution < 1.29 is 0 Å². The van der Waals surface area contributed by atoms with Gasteiger partial charge in [0, 0.05) is 31.4 Å². The minimum absolute atomic E-state index is 0.619. The quantitative estimate of drug-likeness (QED) is 0.864. The van der Waals surface area contributed by atoms with Crippen molar-refractivity contribution >= 4 is 5.95 Å². The zero-order chi connectivity index (χ0) is 11.8. The predicted octanol–water partition coefficient (Wildman–Crippen LogP) is 1.71. The molecule has 1 saturated heterocycles. The van der Waals surface area contributed by atoms with Crippen LogP contribution in [0.2, 0.25) is 0 Å². The van der Waals surface area contributed by atoms with E-state index in [1.165, 1.54) is 31.6 Å². The number of aromatic nitrogens is 2. The molecular weight excluding hydrogens is 212 g/mol. The second-order valence-corrected chi connectivity index (χ2v) is 5.39. The molecule has 3 rings (SSSR count). The van der Waals surface area contributed by atoms with E-state index in [0.717, 1.165) is 24.8 Å². The summed E-state index contributed by atoms with van der Waals surface area (Å²) in [7, 11) is 2.06. The minimum atomic E-state index is 0.619. The topological polar surface area (TPSA) is 33.1 Å². The normalized spacial score (nSPS) is 25.3. The van der Waals surface area contributed by atoms with Gasteiger partial charge < -0.3 is 14.8 Å². The highest BCUT2D eigenvalue weighted by Crippen LogP contribution is 2.38. The van der Waals surface area contributed by atoms with E-state index in [1.807, 2.05) is 0 Å². The van der Waals surface area contributed by atoms with Crippen LogP contribution in [-0.2, 0) is 0 Å². The van der Waals surface area contributed by atoms with Gasteiger partial charge in [0.05, 0.1) is 5.69 Å².